The second-order valence-corrected chi connectivity index (χ2v) is 6.02. The number of esters is 2. The number of allylic oxidation sites excluding steroid dienone is 1. The van der Waals surface area contributed by atoms with Gasteiger partial charge in [-0.3, -0.25) is 14.5 Å². The van der Waals surface area contributed by atoms with Gasteiger partial charge in [0.25, 0.3) is 0 Å². The van der Waals surface area contributed by atoms with Gasteiger partial charge in [0, 0.05) is 0 Å². The fraction of sp³-hybridized carbons (Fsp3) is 0.667. The van der Waals surface area contributed by atoms with Gasteiger partial charge in [-0.25, -0.2) is 0 Å². The summed E-state index contributed by atoms with van der Waals surface area (Å²) in [5, 5.41) is 0. The first-order valence-electron chi connectivity index (χ1n) is 8.26. The molecule has 1 atom stereocenters. The Labute approximate surface area is 144 Å². The summed E-state index contributed by atoms with van der Waals surface area (Å²) in [6.45, 7) is 4.59. The van der Waals surface area contributed by atoms with E-state index < -0.39 is 17.9 Å². The lowest BCUT2D eigenvalue weighted by molar-refractivity contribution is -0.158. The van der Waals surface area contributed by atoms with Crippen molar-refractivity contribution in [1.29, 1.82) is 0 Å². The number of methoxy groups -OCH3 is 2. The number of carbonyl (C=O) groups excluding carboxylic acids is 2. The van der Waals surface area contributed by atoms with Crippen molar-refractivity contribution in [2.45, 2.75) is 38.6 Å². The summed E-state index contributed by atoms with van der Waals surface area (Å²) < 4.78 is 15.2. The minimum absolute atomic E-state index is 0.241. The van der Waals surface area contributed by atoms with Crippen LogP contribution in [0.4, 0.5) is 0 Å². The molecule has 0 aromatic carbocycles. The lowest BCUT2D eigenvalue weighted by atomic mass is 9.82. The van der Waals surface area contributed by atoms with Crippen LogP contribution >= 0.6 is 0 Å². The maximum absolute atomic E-state index is 12.0. The first-order valence-corrected chi connectivity index (χ1v) is 8.26. The Morgan fingerprint density at radius 3 is 2.17 bits per heavy atom. The molecular formula is C18H29NO5. The van der Waals surface area contributed by atoms with Crippen LogP contribution in [0.3, 0.4) is 0 Å². The summed E-state index contributed by atoms with van der Waals surface area (Å²) in [6, 6.07) is 0. The second kappa shape index (κ2) is 8.87. The zero-order valence-electron chi connectivity index (χ0n) is 15.5. The van der Waals surface area contributed by atoms with Gasteiger partial charge < -0.3 is 14.2 Å². The molecular weight excluding hydrogens is 310 g/mol. The van der Waals surface area contributed by atoms with E-state index in [9.17, 15) is 9.59 Å². The monoisotopic (exact) mass is 339 g/mol. The van der Waals surface area contributed by atoms with Gasteiger partial charge in [0.2, 0.25) is 0 Å². The van der Waals surface area contributed by atoms with E-state index in [0.29, 0.717) is 6.61 Å². The van der Waals surface area contributed by atoms with Crippen LogP contribution in [0.15, 0.2) is 23.5 Å². The van der Waals surface area contributed by atoms with Crippen molar-refractivity contribution in [3.63, 3.8) is 0 Å². The molecule has 0 bridgehead atoms. The number of carbonyl (C=O) groups is 2. The second-order valence-electron chi connectivity index (χ2n) is 6.02. The maximum Gasteiger partial charge on any atom is 0.320 e. The number of hydrogen-bond donors (Lipinski definition) is 0. The first-order chi connectivity index (χ1) is 11.4. The Kier molecular flexibility index (Phi) is 7.48. The molecule has 6 heteroatoms. The molecule has 0 fully saturated rings. The summed E-state index contributed by atoms with van der Waals surface area (Å²) in [7, 11) is 6.52. The average molecular weight is 339 g/mol. The Hall–Kier alpha value is -1.82. The topological polar surface area (TPSA) is 65.1 Å². The van der Waals surface area contributed by atoms with Crippen molar-refractivity contribution in [3.05, 3.63) is 23.5 Å². The van der Waals surface area contributed by atoms with E-state index in [1.54, 1.807) is 0 Å². The number of likely N-dealkylation sites (N-methyl/N-ethyl adjacent to an activating group) is 1. The van der Waals surface area contributed by atoms with Crippen molar-refractivity contribution in [2.24, 2.45) is 5.92 Å². The zero-order valence-corrected chi connectivity index (χ0v) is 15.5. The third-order valence-electron chi connectivity index (χ3n) is 4.39. The van der Waals surface area contributed by atoms with Crippen LogP contribution in [0.25, 0.3) is 0 Å². The molecule has 1 aliphatic rings. The van der Waals surface area contributed by atoms with Crippen molar-refractivity contribution < 1.29 is 23.8 Å². The molecule has 0 aliphatic heterocycles. The number of rotatable bonds is 9. The summed E-state index contributed by atoms with van der Waals surface area (Å²) >= 11 is 0. The van der Waals surface area contributed by atoms with Gasteiger partial charge in [0.1, 0.15) is 5.76 Å². The fourth-order valence-electron chi connectivity index (χ4n) is 3.17. The van der Waals surface area contributed by atoms with E-state index in [1.807, 2.05) is 27.1 Å². The molecule has 0 saturated carbocycles. The summed E-state index contributed by atoms with van der Waals surface area (Å²) in [4.78, 5) is 26.2. The lowest BCUT2D eigenvalue weighted by Crippen LogP contribution is -2.44. The van der Waals surface area contributed by atoms with E-state index in [2.05, 4.69) is 17.9 Å². The van der Waals surface area contributed by atoms with Gasteiger partial charge in [-0.05, 0) is 51.6 Å². The molecule has 1 rings (SSSR count). The minimum Gasteiger partial charge on any atom is -0.494 e. The molecule has 1 aliphatic carbocycles. The molecule has 0 heterocycles. The highest BCUT2D eigenvalue weighted by atomic mass is 16.5. The summed E-state index contributed by atoms with van der Waals surface area (Å²) in [5.74, 6) is -1.38. The van der Waals surface area contributed by atoms with Gasteiger partial charge >= 0.3 is 11.9 Å². The van der Waals surface area contributed by atoms with E-state index >= 15 is 0 Å². The fourth-order valence-corrected chi connectivity index (χ4v) is 3.17. The SMILES string of the molecule is CCCC1(N(C)C)C=C(OCC)C=C1CC(C(=O)OC)C(=O)OC. The van der Waals surface area contributed by atoms with Crippen LogP contribution < -0.4 is 0 Å². The minimum atomic E-state index is -0.975. The van der Waals surface area contributed by atoms with Gasteiger partial charge in [0.05, 0.1) is 26.4 Å². The highest BCUT2D eigenvalue weighted by molar-refractivity contribution is 5.95. The van der Waals surface area contributed by atoms with Crippen molar-refractivity contribution in [3.8, 4) is 0 Å². The largest absolute Gasteiger partial charge is 0.494 e. The standard InChI is InChI=1S/C18H29NO5/c1-7-9-18(19(3)4)12-14(24-8-2)10-13(18)11-15(16(20)22-5)17(21)23-6/h10,12,15H,7-9,11H2,1-6H3. The molecule has 6 nitrogen and oxygen atoms in total. The van der Waals surface area contributed by atoms with Gasteiger partial charge in [-0.15, -0.1) is 0 Å². The van der Waals surface area contributed by atoms with Crippen molar-refractivity contribution >= 4 is 11.9 Å². The highest BCUT2D eigenvalue weighted by Crippen LogP contribution is 2.40. The number of hydrogen-bond acceptors (Lipinski definition) is 6. The predicted molar refractivity (Wildman–Crippen MR) is 91.3 cm³/mol. The van der Waals surface area contributed by atoms with E-state index in [0.717, 1.165) is 24.2 Å². The Morgan fingerprint density at radius 2 is 1.75 bits per heavy atom. The molecule has 1 unspecified atom stereocenters. The van der Waals surface area contributed by atoms with Crippen molar-refractivity contribution in [2.75, 3.05) is 34.9 Å². The molecule has 24 heavy (non-hydrogen) atoms. The smallest absolute Gasteiger partial charge is 0.320 e. The van der Waals surface area contributed by atoms with Crippen LogP contribution in [0.1, 0.15) is 33.1 Å². The van der Waals surface area contributed by atoms with Gasteiger partial charge in [-0.2, -0.15) is 0 Å². The van der Waals surface area contributed by atoms with Gasteiger partial charge in [-0.1, -0.05) is 13.3 Å². The number of nitrogens with zero attached hydrogens (tertiary/aromatic N) is 1. The average Bonchev–Trinajstić information content (AvgIpc) is 2.90. The third-order valence-corrected chi connectivity index (χ3v) is 4.39. The maximum atomic E-state index is 12.0. The Bertz CT molecular complexity index is 508. The number of ether oxygens (including phenoxy) is 3. The quantitative estimate of drug-likeness (QED) is 0.474. The van der Waals surface area contributed by atoms with Gasteiger partial charge in [0.15, 0.2) is 5.92 Å². The van der Waals surface area contributed by atoms with Crippen LogP contribution in [-0.4, -0.2) is 57.3 Å². The molecule has 136 valence electrons. The molecule has 0 spiro atoms. The Balaban J connectivity index is 3.22. The normalized spacial score (nSPS) is 20.0. The molecule has 0 radical (unpaired) electrons. The molecule has 0 aromatic rings. The molecule has 0 amide bonds. The zero-order chi connectivity index (χ0) is 18.3. The van der Waals surface area contributed by atoms with Crippen LogP contribution in [0.5, 0.6) is 0 Å². The van der Waals surface area contributed by atoms with Crippen LogP contribution in [0, 0.1) is 5.92 Å². The molecule has 0 aromatic heterocycles. The first kappa shape index (κ1) is 20.2. The molecule has 0 saturated heterocycles. The molecule has 0 N–H and O–H groups in total. The van der Waals surface area contributed by atoms with Crippen LogP contribution in [0.2, 0.25) is 0 Å². The Morgan fingerprint density at radius 1 is 1.17 bits per heavy atom. The predicted octanol–water partition coefficient (Wildman–Crippen LogP) is 2.30. The lowest BCUT2D eigenvalue weighted by Gasteiger charge is -2.38. The highest BCUT2D eigenvalue weighted by Gasteiger charge is 2.42. The summed E-state index contributed by atoms with van der Waals surface area (Å²) in [6.07, 6.45) is 6.05. The van der Waals surface area contributed by atoms with E-state index in [1.165, 1.54) is 14.2 Å². The van der Waals surface area contributed by atoms with Crippen LogP contribution in [-0.2, 0) is 23.8 Å². The third kappa shape index (κ3) is 4.17. The van der Waals surface area contributed by atoms with Crippen molar-refractivity contribution in [1.82, 2.24) is 4.90 Å². The summed E-state index contributed by atoms with van der Waals surface area (Å²) in [5.41, 5.74) is 0.582. The van der Waals surface area contributed by atoms with E-state index in [4.69, 9.17) is 14.2 Å². The van der Waals surface area contributed by atoms with E-state index in [-0.39, 0.29) is 12.0 Å².